The summed E-state index contributed by atoms with van der Waals surface area (Å²) in [7, 11) is -3.35. The lowest BCUT2D eigenvalue weighted by Gasteiger charge is -2.09. The number of para-hydroxylation sites is 1. The fraction of sp³-hybridized carbons (Fsp3) is 0.0435. The summed E-state index contributed by atoms with van der Waals surface area (Å²) in [6.07, 6.45) is 3.14. The van der Waals surface area contributed by atoms with Crippen molar-refractivity contribution in [1.29, 1.82) is 0 Å². The molecular weight excluding hydrogens is 382 g/mol. The first-order chi connectivity index (χ1) is 14.1. The van der Waals surface area contributed by atoms with Crippen LogP contribution in [-0.2, 0) is 15.6 Å². The van der Waals surface area contributed by atoms with E-state index in [0.717, 1.165) is 27.7 Å². The molecule has 0 saturated carbocycles. The van der Waals surface area contributed by atoms with Crippen LogP contribution in [0.5, 0.6) is 0 Å². The van der Waals surface area contributed by atoms with E-state index in [-0.39, 0.29) is 5.75 Å². The summed E-state index contributed by atoms with van der Waals surface area (Å²) in [4.78, 5) is 8.56. The second-order valence-corrected chi connectivity index (χ2v) is 8.47. The minimum Gasteiger partial charge on any atom is -0.340 e. The molecule has 0 radical (unpaired) electrons. The van der Waals surface area contributed by atoms with Crippen LogP contribution in [0.15, 0.2) is 90.6 Å². The summed E-state index contributed by atoms with van der Waals surface area (Å²) in [6.45, 7) is 0. The molecule has 0 bridgehead atoms. The molecule has 144 valence electrons. The van der Waals surface area contributed by atoms with E-state index in [1.807, 2.05) is 66.7 Å². The largest absolute Gasteiger partial charge is 0.340 e. The highest BCUT2D eigenvalue weighted by molar-refractivity contribution is 7.93. The van der Waals surface area contributed by atoms with E-state index in [4.69, 9.17) is 0 Å². The Morgan fingerprint density at radius 2 is 1.55 bits per heavy atom. The van der Waals surface area contributed by atoms with Crippen LogP contribution in [0.25, 0.3) is 17.0 Å². The van der Waals surface area contributed by atoms with E-state index in [1.54, 1.807) is 18.2 Å². The van der Waals surface area contributed by atoms with Crippen molar-refractivity contribution in [2.45, 2.75) is 5.75 Å². The predicted octanol–water partition coefficient (Wildman–Crippen LogP) is 4.96. The van der Waals surface area contributed by atoms with Crippen LogP contribution in [0, 0.1) is 0 Å². The number of hydrogen-bond donors (Lipinski definition) is 1. The smallest absolute Gasteiger partial charge is 0.175 e. The third-order valence-corrected chi connectivity index (χ3v) is 5.68. The minimum absolute atomic E-state index is 0.0486. The zero-order valence-electron chi connectivity index (χ0n) is 15.6. The molecule has 0 unspecified atom stereocenters. The van der Waals surface area contributed by atoms with Crippen molar-refractivity contribution in [2.24, 2.45) is 0 Å². The third-order valence-electron chi connectivity index (χ3n) is 4.39. The molecule has 1 N–H and O–H groups in total. The summed E-state index contributed by atoms with van der Waals surface area (Å²) >= 11 is 0. The van der Waals surface area contributed by atoms with Crippen molar-refractivity contribution in [1.82, 2.24) is 9.97 Å². The van der Waals surface area contributed by atoms with Gasteiger partial charge in [0.25, 0.3) is 0 Å². The van der Waals surface area contributed by atoms with Crippen molar-refractivity contribution in [3.05, 3.63) is 102 Å². The number of anilines is 2. The number of nitrogens with zero attached hydrogens (tertiary/aromatic N) is 2. The number of aromatic nitrogens is 2. The normalized spacial score (nSPS) is 11.7. The van der Waals surface area contributed by atoms with Crippen LogP contribution in [0.2, 0.25) is 0 Å². The van der Waals surface area contributed by atoms with Crippen LogP contribution in [0.1, 0.15) is 11.1 Å². The zero-order chi connectivity index (χ0) is 20.1. The maximum atomic E-state index is 12.4. The molecule has 0 amide bonds. The second-order valence-electron chi connectivity index (χ2n) is 6.58. The van der Waals surface area contributed by atoms with Gasteiger partial charge in [0.05, 0.1) is 11.3 Å². The van der Waals surface area contributed by atoms with Crippen molar-refractivity contribution in [3.8, 4) is 0 Å². The van der Waals surface area contributed by atoms with Gasteiger partial charge in [0.2, 0.25) is 0 Å². The molecule has 0 saturated heterocycles. The number of hydrogen-bond acceptors (Lipinski definition) is 5. The molecule has 0 aliphatic heterocycles. The molecule has 1 aromatic heterocycles. The molecule has 29 heavy (non-hydrogen) atoms. The fourth-order valence-corrected chi connectivity index (χ4v) is 4.07. The molecular formula is C23H19N3O2S. The van der Waals surface area contributed by atoms with Crippen molar-refractivity contribution >= 4 is 38.3 Å². The van der Waals surface area contributed by atoms with Crippen molar-refractivity contribution in [3.63, 3.8) is 0 Å². The molecule has 0 atom stereocenters. The Kier molecular flexibility index (Phi) is 5.35. The van der Waals surface area contributed by atoms with Crippen molar-refractivity contribution < 1.29 is 8.42 Å². The minimum atomic E-state index is -3.35. The topological polar surface area (TPSA) is 72.0 Å². The van der Waals surface area contributed by atoms with E-state index in [1.165, 1.54) is 11.7 Å². The molecule has 5 nitrogen and oxygen atoms in total. The predicted molar refractivity (Wildman–Crippen MR) is 117 cm³/mol. The molecule has 0 fully saturated rings. The summed E-state index contributed by atoms with van der Waals surface area (Å²) in [6, 6.07) is 24.4. The quantitative estimate of drug-likeness (QED) is 0.494. The van der Waals surface area contributed by atoms with Gasteiger partial charge in [-0.3, -0.25) is 0 Å². The Hall–Kier alpha value is -3.51. The van der Waals surface area contributed by atoms with Gasteiger partial charge in [-0.2, -0.15) is 0 Å². The first kappa shape index (κ1) is 18.8. The molecule has 3 aromatic carbocycles. The summed E-state index contributed by atoms with van der Waals surface area (Å²) in [5.74, 6) is 0.661. The maximum absolute atomic E-state index is 12.4. The Labute approximate surface area is 169 Å². The average Bonchev–Trinajstić information content (AvgIpc) is 2.75. The number of rotatable bonds is 6. The van der Waals surface area contributed by atoms with Gasteiger partial charge in [-0.25, -0.2) is 18.4 Å². The number of sulfone groups is 1. The van der Waals surface area contributed by atoms with Gasteiger partial charge in [-0.1, -0.05) is 54.6 Å². The van der Waals surface area contributed by atoms with Crippen LogP contribution in [0.3, 0.4) is 0 Å². The first-order valence-electron chi connectivity index (χ1n) is 9.11. The van der Waals surface area contributed by atoms with E-state index in [2.05, 4.69) is 15.3 Å². The number of nitrogens with one attached hydrogen (secondary N) is 1. The van der Waals surface area contributed by atoms with Gasteiger partial charge in [0.1, 0.15) is 12.1 Å². The SMILES string of the molecule is O=S(=O)(/C=C/c1ccccc1)Cc1ccc(Nc2ncnc3ccccc23)cc1. The van der Waals surface area contributed by atoms with E-state index >= 15 is 0 Å². The highest BCUT2D eigenvalue weighted by atomic mass is 32.2. The van der Waals surface area contributed by atoms with Crippen molar-refractivity contribution in [2.75, 3.05) is 5.32 Å². The molecule has 4 rings (SSSR count). The number of fused-ring (bicyclic) bond motifs is 1. The van der Waals surface area contributed by atoms with Gasteiger partial charge in [-0.05, 0) is 41.5 Å². The molecule has 0 aliphatic rings. The Morgan fingerprint density at radius 1 is 0.828 bits per heavy atom. The molecule has 0 spiro atoms. The van der Waals surface area contributed by atoms with Crippen LogP contribution in [0.4, 0.5) is 11.5 Å². The summed E-state index contributed by atoms with van der Waals surface area (Å²) in [5.41, 5.74) is 3.27. The van der Waals surface area contributed by atoms with Gasteiger partial charge in [0.15, 0.2) is 9.84 Å². The first-order valence-corrected chi connectivity index (χ1v) is 10.8. The van der Waals surface area contributed by atoms with E-state index in [9.17, 15) is 8.42 Å². The lowest BCUT2D eigenvalue weighted by Crippen LogP contribution is -2.00. The van der Waals surface area contributed by atoms with E-state index < -0.39 is 9.84 Å². The van der Waals surface area contributed by atoms with E-state index in [0.29, 0.717) is 5.82 Å². The van der Waals surface area contributed by atoms with Crippen LogP contribution in [-0.4, -0.2) is 18.4 Å². The monoisotopic (exact) mass is 401 g/mol. The summed E-state index contributed by atoms with van der Waals surface area (Å²) < 4.78 is 24.8. The fourth-order valence-electron chi connectivity index (χ4n) is 2.95. The Balaban J connectivity index is 1.47. The Bertz CT molecular complexity index is 1250. The van der Waals surface area contributed by atoms with Gasteiger partial charge in [-0.15, -0.1) is 0 Å². The highest BCUT2D eigenvalue weighted by Gasteiger charge is 2.09. The average molecular weight is 401 g/mol. The standard InChI is InChI=1S/C23H19N3O2S/c27-29(28,15-14-18-6-2-1-3-7-18)16-19-10-12-20(13-11-19)26-23-21-8-4-5-9-22(21)24-17-25-23/h1-15,17H,16H2,(H,24,25,26)/b15-14+. The van der Waals surface area contributed by atoms with Crippen LogP contribution < -0.4 is 5.32 Å². The van der Waals surface area contributed by atoms with Gasteiger partial charge in [0, 0.05) is 16.5 Å². The summed E-state index contributed by atoms with van der Waals surface area (Å²) in [5, 5.41) is 5.46. The lowest BCUT2D eigenvalue weighted by molar-refractivity contribution is 0.604. The van der Waals surface area contributed by atoms with Gasteiger partial charge < -0.3 is 5.32 Å². The molecule has 1 heterocycles. The zero-order valence-corrected chi connectivity index (χ0v) is 16.4. The lowest BCUT2D eigenvalue weighted by atomic mass is 10.2. The molecule has 4 aromatic rings. The third kappa shape index (κ3) is 4.86. The van der Waals surface area contributed by atoms with Crippen LogP contribution >= 0.6 is 0 Å². The molecule has 6 heteroatoms. The second kappa shape index (κ2) is 8.24. The van der Waals surface area contributed by atoms with Gasteiger partial charge >= 0.3 is 0 Å². The Morgan fingerprint density at radius 3 is 2.34 bits per heavy atom. The maximum Gasteiger partial charge on any atom is 0.175 e. The molecule has 0 aliphatic carbocycles. The number of benzene rings is 3. The highest BCUT2D eigenvalue weighted by Crippen LogP contribution is 2.23.